The molecule has 0 radical (unpaired) electrons. The topological polar surface area (TPSA) is 66.4 Å². The third-order valence-corrected chi connectivity index (χ3v) is 5.64. The number of aliphatic hydroxyl groups is 1. The van der Waals surface area contributed by atoms with Crippen LogP contribution in [0.1, 0.15) is 27.2 Å². The Bertz CT molecular complexity index is 292. The van der Waals surface area contributed by atoms with E-state index >= 15 is 0 Å². The fourth-order valence-corrected chi connectivity index (χ4v) is 3.46. The summed E-state index contributed by atoms with van der Waals surface area (Å²) in [6.07, 6.45) is 0.524. The minimum Gasteiger partial charge on any atom is -0.395 e. The molecule has 2 N–H and O–H groups in total. The summed E-state index contributed by atoms with van der Waals surface area (Å²) < 4.78 is 23.3. The summed E-state index contributed by atoms with van der Waals surface area (Å²) in [5.74, 6) is 0. The van der Waals surface area contributed by atoms with Crippen LogP contribution in [0.4, 0.5) is 0 Å². The van der Waals surface area contributed by atoms with Gasteiger partial charge in [-0.25, -0.2) is 8.42 Å². The van der Waals surface area contributed by atoms with Crippen molar-refractivity contribution in [3.05, 3.63) is 0 Å². The molecule has 0 spiro atoms. The highest BCUT2D eigenvalue weighted by molar-refractivity contribution is 7.93. The molecule has 1 aliphatic heterocycles. The maximum absolute atomic E-state index is 12.0. The van der Waals surface area contributed by atoms with Crippen LogP contribution in [-0.2, 0) is 9.84 Å². The molecule has 1 fully saturated rings. The van der Waals surface area contributed by atoms with Gasteiger partial charge < -0.3 is 10.4 Å². The molecular weight excluding hydrogens is 202 g/mol. The maximum atomic E-state index is 12.0. The highest BCUT2D eigenvalue weighted by Crippen LogP contribution is 2.25. The standard InChI is InChI=1S/C9H19NO3S/c1-9(2,3)14(12,13)8-4-7(6-11)10-5-8/h7-8,10-11H,4-6H2,1-3H3/t7-,8+/m0/s1. The van der Waals surface area contributed by atoms with Crippen molar-refractivity contribution in [3.63, 3.8) is 0 Å². The Morgan fingerprint density at radius 3 is 2.36 bits per heavy atom. The van der Waals surface area contributed by atoms with E-state index in [0.717, 1.165) is 0 Å². The first kappa shape index (κ1) is 11.9. The molecule has 0 bridgehead atoms. The van der Waals surface area contributed by atoms with Crippen molar-refractivity contribution in [2.75, 3.05) is 13.2 Å². The Balaban J connectivity index is 2.77. The van der Waals surface area contributed by atoms with Gasteiger partial charge in [0.25, 0.3) is 0 Å². The van der Waals surface area contributed by atoms with Gasteiger partial charge in [0, 0.05) is 12.6 Å². The molecule has 1 saturated heterocycles. The van der Waals surface area contributed by atoms with Gasteiger partial charge in [-0.2, -0.15) is 0 Å². The van der Waals surface area contributed by atoms with Crippen LogP contribution in [-0.4, -0.2) is 42.7 Å². The number of rotatable bonds is 2. The molecule has 1 aliphatic rings. The average Bonchev–Trinajstić information content (AvgIpc) is 2.49. The predicted molar refractivity (Wildman–Crippen MR) is 56.0 cm³/mol. The van der Waals surface area contributed by atoms with Crippen molar-refractivity contribution >= 4 is 9.84 Å². The normalized spacial score (nSPS) is 29.4. The second-order valence-electron chi connectivity index (χ2n) is 4.80. The quantitative estimate of drug-likeness (QED) is 0.684. The maximum Gasteiger partial charge on any atom is 0.159 e. The number of aliphatic hydroxyl groups excluding tert-OH is 1. The van der Waals surface area contributed by atoms with Crippen LogP contribution < -0.4 is 5.32 Å². The van der Waals surface area contributed by atoms with E-state index in [1.807, 2.05) is 0 Å². The van der Waals surface area contributed by atoms with Crippen molar-refractivity contribution in [1.29, 1.82) is 0 Å². The van der Waals surface area contributed by atoms with Crippen molar-refractivity contribution in [2.45, 2.75) is 43.2 Å². The molecule has 2 atom stereocenters. The molecule has 5 heteroatoms. The average molecular weight is 221 g/mol. The number of hydrogen-bond acceptors (Lipinski definition) is 4. The lowest BCUT2D eigenvalue weighted by atomic mass is 10.2. The van der Waals surface area contributed by atoms with E-state index < -0.39 is 14.6 Å². The van der Waals surface area contributed by atoms with Gasteiger partial charge in [-0.3, -0.25) is 0 Å². The van der Waals surface area contributed by atoms with Crippen LogP contribution in [0.5, 0.6) is 0 Å². The van der Waals surface area contributed by atoms with E-state index in [2.05, 4.69) is 5.32 Å². The predicted octanol–water partition coefficient (Wildman–Crippen LogP) is -0.0775. The van der Waals surface area contributed by atoms with Gasteiger partial charge in [-0.1, -0.05) is 0 Å². The number of sulfone groups is 1. The SMILES string of the molecule is CC(C)(C)S(=O)(=O)[C@H]1CN[C@H](CO)C1. The molecule has 1 heterocycles. The van der Waals surface area contributed by atoms with Gasteiger partial charge in [0.15, 0.2) is 9.84 Å². The van der Waals surface area contributed by atoms with Gasteiger partial charge in [0.05, 0.1) is 16.6 Å². The fraction of sp³-hybridized carbons (Fsp3) is 1.00. The van der Waals surface area contributed by atoms with Crippen molar-refractivity contribution in [3.8, 4) is 0 Å². The summed E-state index contributed by atoms with van der Waals surface area (Å²) in [7, 11) is -3.09. The van der Waals surface area contributed by atoms with E-state index in [-0.39, 0.29) is 17.9 Å². The molecule has 0 amide bonds. The molecule has 14 heavy (non-hydrogen) atoms. The summed E-state index contributed by atoms with van der Waals surface area (Å²) in [4.78, 5) is 0. The molecule has 0 aromatic rings. The van der Waals surface area contributed by atoms with Crippen LogP contribution in [0.15, 0.2) is 0 Å². The first-order chi connectivity index (χ1) is 6.29. The molecule has 0 aromatic carbocycles. The third-order valence-electron chi connectivity index (χ3n) is 2.69. The van der Waals surface area contributed by atoms with Gasteiger partial charge in [0.1, 0.15) is 0 Å². The van der Waals surface area contributed by atoms with E-state index in [4.69, 9.17) is 5.11 Å². The van der Waals surface area contributed by atoms with Crippen LogP contribution in [0.2, 0.25) is 0 Å². The lowest BCUT2D eigenvalue weighted by Crippen LogP contribution is -2.38. The van der Waals surface area contributed by atoms with Crippen molar-refractivity contribution < 1.29 is 13.5 Å². The first-order valence-corrected chi connectivity index (χ1v) is 6.41. The number of hydrogen-bond donors (Lipinski definition) is 2. The molecule has 4 nitrogen and oxygen atoms in total. The summed E-state index contributed by atoms with van der Waals surface area (Å²) in [5, 5.41) is 11.6. The van der Waals surface area contributed by atoms with Crippen molar-refractivity contribution in [2.24, 2.45) is 0 Å². The lowest BCUT2D eigenvalue weighted by molar-refractivity contribution is 0.255. The van der Waals surface area contributed by atoms with E-state index in [9.17, 15) is 8.42 Å². The Morgan fingerprint density at radius 2 is 2.00 bits per heavy atom. The molecule has 84 valence electrons. The Hall–Kier alpha value is -0.130. The van der Waals surface area contributed by atoms with Crippen molar-refractivity contribution in [1.82, 2.24) is 5.32 Å². The fourth-order valence-electron chi connectivity index (χ4n) is 1.66. The van der Waals surface area contributed by atoms with E-state index in [1.54, 1.807) is 20.8 Å². The Labute approximate surface area is 85.6 Å². The third kappa shape index (κ3) is 2.10. The highest BCUT2D eigenvalue weighted by atomic mass is 32.2. The van der Waals surface area contributed by atoms with E-state index in [0.29, 0.717) is 13.0 Å². The minimum absolute atomic E-state index is 0.0101. The van der Waals surface area contributed by atoms with Gasteiger partial charge in [-0.05, 0) is 27.2 Å². The monoisotopic (exact) mass is 221 g/mol. The van der Waals surface area contributed by atoms with Crippen LogP contribution >= 0.6 is 0 Å². The minimum atomic E-state index is -3.09. The van der Waals surface area contributed by atoms with Crippen LogP contribution in [0, 0.1) is 0 Å². The summed E-state index contributed by atoms with van der Waals surface area (Å²) in [6, 6.07) is -0.0582. The number of nitrogens with one attached hydrogen (secondary N) is 1. The zero-order valence-electron chi connectivity index (χ0n) is 8.95. The zero-order chi connectivity index (χ0) is 11.0. The smallest absolute Gasteiger partial charge is 0.159 e. The lowest BCUT2D eigenvalue weighted by Gasteiger charge is -2.23. The van der Waals surface area contributed by atoms with Gasteiger partial charge in [-0.15, -0.1) is 0 Å². The molecule has 0 unspecified atom stereocenters. The van der Waals surface area contributed by atoms with Crippen LogP contribution in [0.3, 0.4) is 0 Å². The second kappa shape index (κ2) is 3.79. The summed E-state index contributed by atoms with van der Waals surface area (Å²) in [6.45, 7) is 5.62. The molecule has 0 aliphatic carbocycles. The largest absolute Gasteiger partial charge is 0.395 e. The van der Waals surface area contributed by atoms with Crippen LogP contribution in [0.25, 0.3) is 0 Å². The molecule has 0 saturated carbocycles. The molecular formula is C9H19NO3S. The highest BCUT2D eigenvalue weighted by Gasteiger charge is 2.40. The van der Waals surface area contributed by atoms with Gasteiger partial charge in [0.2, 0.25) is 0 Å². The second-order valence-corrected chi connectivity index (χ2v) is 7.78. The zero-order valence-corrected chi connectivity index (χ0v) is 9.76. The Kier molecular flexibility index (Phi) is 3.23. The van der Waals surface area contributed by atoms with E-state index in [1.165, 1.54) is 0 Å². The molecule has 0 aromatic heterocycles. The summed E-state index contributed by atoms with van der Waals surface area (Å²) in [5.41, 5.74) is 0. The Morgan fingerprint density at radius 1 is 1.43 bits per heavy atom. The van der Waals surface area contributed by atoms with Gasteiger partial charge >= 0.3 is 0 Å². The summed E-state index contributed by atoms with van der Waals surface area (Å²) >= 11 is 0. The molecule has 1 rings (SSSR count). The first-order valence-electron chi connectivity index (χ1n) is 4.86.